The molecular weight excluding hydrogens is 442 g/mol. The number of aliphatic hydroxyl groups excluding tert-OH is 2. The van der Waals surface area contributed by atoms with Crippen molar-refractivity contribution in [3.05, 3.63) is 10.4 Å². The fraction of sp³-hybridized carbons (Fsp3) is 1.00. The third kappa shape index (κ3) is 35.2. The van der Waals surface area contributed by atoms with Crippen LogP contribution in [0.25, 0.3) is 10.4 Å². The number of aliphatic hydroxyl groups is 2. The highest BCUT2D eigenvalue weighted by atomic mass is 79.9. The van der Waals surface area contributed by atoms with Crippen LogP contribution in [0.5, 0.6) is 0 Å². The lowest BCUT2D eigenvalue weighted by molar-refractivity contribution is 0.282. The topological polar surface area (TPSA) is 89.2 Å². The molecular formula is C24H50BrN3O2. The summed E-state index contributed by atoms with van der Waals surface area (Å²) in [6, 6.07) is 0. The fourth-order valence-corrected chi connectivity index (χ4v) is 3.77. The van der Waals surface area contributed by atoms with Gasteiger partial charge >= 0.3 is 0 Å². The summed E-state index contributed by atoms with van der Waals surface area (Å²) in [7, 11) is 0. The Labute approximate surface area is 195 Å². The maximum absolute atomic E-state index is 8.60. The molecule has 6 heteroatoms. The number of azide groups is 1. The molecule has 5 nitrogen and oxygen atoms in total. The van der Waals surface area contributed by atoms with Gasteiger partial charge in [0.2, 0.25) is 0 Å². The molecule has 0 saturated carbocycles. The summed E-state index contributed by atoms with van der Waals surface area (Å²) < 4.78 is 0. The first kappa shape index (κ1) is 31.9. The molecule has 0 radical (unpaired) electrons. The van der Waals surface area contributed by atoms with E-state index in [0.717, 1.165) is 24.6 Å². The van der Waals surface area contributed by atoms with Gasteiger partial charge in [0.25, 0.3) is 0 Å². The van der Waals surface area contributed by atoms with Crippen molar-refractivity contribution in [1.82, 2.24) is 0 Å². The number of rotatable bonds is 23. The zero-order chi connectivity index (χ0) is 22.4. The maximum Gasteiger partial charge on any atom is 0.0431 e. The molecule has 0 amide bonds. The van der Waals surface area contributed by atoms with E-state index < -0.39 is 0 Å². The molecule has 0 saturated heterocycles. The number of nitrogens with zero attached hydrogens (tertiary/aromatic N) is 3. The Kier molecular flexibility index (Phi) is 35.5. The Morgan fingerprint density at radius 2 is 0.800 bits per heavy atom. The SMILES string of the molecule is OCCCCCCCCCCCCBr.[N-]=[N+]=NCCCCCCCCCCCCO. The summed E-state index contributed by atoms with van der Waals surface area (Å²) in [6.45, 7) is 1.36. The summed E-state index contributed by atoms with van der Waals surface area (Å²) in [5.74, 6) is 0. The van der Waals surface area contributed by atoms with Crippen molar-refractivity contribution in [3.63, 3.8) is 0 Å². The van der Waals surface area contributed by atoms with Crippen LogP contribution in [0, 0.1) is 0 Å². The lowest BCUT2D eigenvalue weighted by atomic mass is 10.1. The standard InChI is InChI=1S/C12H25BrO.C12H25N3O/c13-11-9-7-5-3-1-2-4-6-8-10-12-14;13-15-14-11-9-7-5-3-1-2-4-6-8-10-12-16/h14H,1-12H2;16H,1-12H2. The molecule has 0 atom stereocenters. The van der Waals surface area contributed by atoms with E-state index in [0.29, 0.717) is 19.8 Å². The van der Waals surface area contributed by atoms with Gasteiger partial charge in [0.15, 0.2) is 0 Å². The largest absolute Gasteiger partial charge is 0.396 e. The van der Waals surface area contributed by atoms with Crippen molar-refractivity contribution in [2.45, 2.75) is 128 Å². The summed E-state index contributed by atoms with van der Waals surface area (Å²) in [4.78, 5) is 2.73. The number of unbranched alkanes of at least 4 members (excludes halogenated alkanes) is 18. The van der Waals surface area contributed by atoms with E-state index in [1.807, 2.05) is 0 Å². The Morgan fingerprint density at radius 3 is 1.10 bits per heavy atom. The van der Waals surface area contributed by atoms with Crippen molar-refractivity contribution < 1.29 is 10.2 Å². The van der Waals surface area contributed by atoms with Crippen LogP contribution in [-0.2, 0) is 0 Å². The van der Waals surface area contributed by atoms with Crippen molar-refractivity contribution in [3.8, 4) is 0 Å². The second-order valence-corrected chi connectivity index (χ2v) is 8.95. The third-order valence-corrected chi connectivity index (χ3v) is 5.83. The zero-order valence-electron chi connectivity index (χ0n) is 19.6. The average molecular weight is 493 g/mol. The second kappa shape index (κ2) is 33.4. The van der Waals surface area contributed by atoms with Crippen LogP contribution in [0.1, 0.15) is 128 Å². The van der Waals surface area contributed by atoms with Gasteiger partial charge in [0.05, 0.1) is 0 Å². The Balaban J connectivity index is 0. The molecule has 0 rings (SSSR count). The van der Waals surface area contributed by atoms with Gasteiger partial charge < -0.3 is 10.2 Å². The van der Waals surface area contributed by atoms with Crippen LogP contribution in [0.3, 0.4) is 0 Å². The van der Waals surface area contributed by atoms with Gasteiger partial charge in [0.1, 0.15) is 0 Å². The highest BCUT2D eigenvalue weighted by Gasteiger charge is 1.93. The van der Waals surface area contributed by atoms with Crippen molar-refractivity contribution in [2.24, 2.45) is 5.11 Å². The quantitative estimate of drug-likeness (QED) is 0.0492. The Bertz CT molecular complexity index is 328. The van der Waals surface area contributed by atoms with Gasteiger partial charge in [-0.2, -0.15) is 0 Å². The maximum atomic E-state index is 8.60. The first-order valence-corrected chi connectivity index (χ1v) is 13.7. The molecule has 0 fully saturated rings. The molecule has 0 spiro atoms. The van der Waals surface area contributed by atoms with Crippen LogP contribution in [0.15, 0.2) is 5.11 Å². The van der Waals surface area contributed by atoms with Crippen LogP contribution in [0.4, 0.5) is 0 Å². The molecule has 0 aromatic heterocycles. The normalized spacial score (nSPS) is 10.4. The average Bonchev–Trinajstić information content (AvgIpc) is 2.76. The second-order valence-electron chi connectivity index (χ2n) is 8.16. The van der Waals surface area contributed by atoms with Crippen LogP contribution in [-0.4, -0.2) is 35.3 Å². The zero-order valence-corrected chi connectivity index (χ0v) is 21.2. The van der Waals surface area contributed by atoms with Gasteiger partial charge in [-0.05, 0) is 31.2 Å². The van der Waals surface area contributed by atoms with Gasteiger partial charge in [-0.25, -0.2) is 0 Å². The third-order valence-electron chi connectivity index (χ3n) is 5.27. The summed E-state index contributed by atoms with van der Waals surface area (Å²) in [5, 5.41) is 21.9. The minimum Gasteiger partial charge on any atom is -0.396 e. The molecule has 0 unspecified atom stereocenters. The van der Waals surface area contributed by atoms with Gasteiger partial charge in [-0.3, -0.25) is 0 Å². The smallest absolute Gasteiger partial charge is 0.0431 e. The molecule has 0 aromatic carbocycles. The van der Waals surface area contributed by atoms with Crippen molar-refractivity contribution >= 4 is 15.9 Å². The molecule has 0 aliphatic heterocycles. The predicted octanol–water partition coefficient (Wildman–Crippen LogP) is 8.46. The van der Waals surface area contributed by atoms with E-state index in [1.165, 1.54) is 109 Å². The van der Waals surface area contributed by atoms with Crippen molar-refractivity contribution in [2.75, 3.05) is 25.1 Å². The molecule has 0 aromatic rings. The van der Waals surface area contributed by atoms with E-state index in [2.05, 4.69) is 26.0 Å². The van der Waals surface area contributed by atoms with Crippen LogP contribution in [0.2, 0.25) is 0 Å². The lowest BCUT2D eigenvalue weighted by Crippen LogP contribution is -1.85. The summed E-state index contributed by atoms with van der Waals surface area (Å²) in [6.07, 6.45) is 25.3. The monoisotopic (exact) mass is 491 g/mol. The summed E-state index contributed by atoms with van der Waals surface area (Å²) in [5.41, 5.74) is 8.07. The van der Waals surface area contributed by atoms with Crippen molar-refractivity contribution in [1.29, 1.82) is 0 Å². The molecule has 180 valence electrons. The first-order chi connectivity index (χ1) is 14.8. The van der Waals surface area contributed by atoms with Gasteiger partial charge in [-0.15, -0.1) is 0 Å². The van der Waals surface area contributed by atoms with Crippen LogP contribution < -0.4 is 0 Å². The minimum atomic E-state index is 0.338. The van der Waals surface area contributed by atoms with Gasteiger partial charge in [0, 0.05) is 30.0 Å². The first-order valence-electron chi connectivity index (χ1n) is 12.6. The number of halogens is 1. The van der Waals surface area contributed by atoms with E-state index >= 15 is 0 Å². The number of alkyl halides is 1. The van der Waals surface area contributed by atoms with E-state index in [1.54, 1.807) is 0 Å². The van der Waals surface area contributed by atoms with Gasteiger partial charge in [-0.1, -0.05) is 124 Å². The predicted molar refractivity (Wildman–Crippen MR) is 134 cm³/mol. The van der Waals surface area contributed by atoms with E-state index in [9.17, 15) is 0 Å². The minimum absolute atomic E-state index is 0.338. The highest BCUT2D eigenvalue weighted by molar-refractivity contribution is 9.09. The number of hydrogen-bond donors (Lipinski definition) is 2. The molecule has 0 heterocycles. The van der Waals surface area contributed by atoms with E-state index in [-0.39, 0.29) is 0 Å². The summed E-state index contributed by atoms with van der Waals surface area (Å²) >= 11 is 3.45. The highest BCUT2D eigenvalue weighted by Crippen LogP contribution is 2.11. The Hall–Kier alpha value is -0.290. The lowest BCUT2D eigenvalue weighted by Gasteiger charge is -2.01. The number of hydrogen-bond acceptors (Lipinski definition) is 3. The molecule has 0 aliphatic rings. The van der Waals surface area contributed by atoms with E-state index in [4.69, 9.17) is 15.7 Å². The fourth-order valence-electron chi connectivity index (χ4n) is 3.37. The molecule has 2 N–H and O–H groups in total. The molecule has 0 bridgehead atoms. The molecule has 30 heavy (non-hydrogen) atoms. The molecule has 0 aliphatic carbocycles. The Morgan fingerprint density at radius 1 is 0.500 bits per heavy atom. The van der Waals surface area contributed by atoms with Crippen LogP contribution >= 0.6 is 15.9 Å².